The lowest BCUT2D eigenvalue weighted by molar-refractivity contribution is 0.379. The predicted octanol–water partition coefficient (Wildman–Crippen LogP) is 1.59. The Bertz CT molecular complexity index is 618. The summed E-state index contributed by atoms with van der Waals surface area (Å²) in [4.78, 5) is 2.11. The average Bonchev–Trinajstić information content (AvgIpc) is 2.35. The number of nitrogens with zero attached hydrogens (tertiary/aromatic N) is 1. The van der Waals surface area contributed by atoms with Gasteiger partial charge in [0.25, 0.3) is 0 Å². The van der Waals surface area contributed by atoms with Crippen LogP contribution < -0.4 is 10.5 Å². The molecule has 0 spiro atoms. The molecule has 0 bridgehead atoms. The molecule has 0 radical (unpaired) electrons. The van der Waals surface area contributed by atoms with Gasteiger partial charge in [0, 0.05) is 11.6 Å². The van der Waals surface area contributed by atoms with E-state index in [4.69, 9.17) is 29.6 Å². The van der Waals surface area contributed by atoms with Crippen molar-refractivity contribution in [1.82, 2.24) is 9.62 Å². The molecule has 21 heavy (non-hydrogen) atoms. The molecule has 1 atom stereocenters. The molecule has 0 saturated carbocycles. The van der Waals surface area contributed by atoms with Gasteiger partial charge in [-0.25, -0.2) is 13.1 Å². The van der Waals surface area contributed by atoms with Crippen LogP contribution >= 0.6 is 23.8 Å². The molecule has 1 aromatic carbocycles. The van der Waals surface area contributed by atoms with Crippen molar-refractivity contribution in [3.05, 3.63) is 28.8 Å². The number of benzene rings is 1. The van der Waals surface area contributed by atoms with Crippen molar-refractivity contribution in [3.8, 4) is 0 Å². The number of halogens is 1. The van der Waals surface area contributed by atoms with Crippen LogP contribution in [-0.2, 0) is 10.0 Å². The van der Waals surface area contributed by atoms with E-state index in [1.165, 1.54) is 12.1 Å². The third-order valence-corrected chi connectivity index (χ3v) is 5.18. The van der Waals surface area contributed by atoms with Crippen LogP contribution in [0.2, 0.25) is 5.02 Å². The van der Waals surface area contributed by atoms with Gasteiger partial charge < -0.3 is 10.6 Å². The Balaban J connectivity index is 2.97. The molecule has 0 aromatic heterocycles. The molecule has 1 rings (SSSR count). The maximum atomic E-state index is 12.4. The van der Waals surface area contributed by atoms with Crippen molar-refractivity contribution in [2.24, 2.45) is 5.73 Å². The van der Waals surface area contributed by atoms with E-state index in [0.29, 0.717) is 12.0 Å². The molecule has 0 amide bonds. The van der Waals surface area contributed by atoms with Crippen LogP contribution in [0.4, 0.5) is 0 Å². The third-order valence-electron chi connectivity index (χ3n) is 2.87. The molecule has 5 nitrogen and oxygen atoms in total. The third kappa shape index (κ3) is 5.52. The Labute approximate surface area is 136 Å². The maximum absolute atomic E-state index is 12.4. The highest BCUT2D eigenvalue weighted by atomic mass is 35.5. The van der Waals surface area contributed by atoms with E-state index in [0.717, 1.165) is 6.54 Å². The van der Waals surface area contributed by atoms with Gasteiger partial charge in [0.05, 0.1) is 5.02 Å². The second kappa shape index (κ2) is 7.51. The average molecular weight is 350 g/mol. The van der Waals surface area contributed by atoms with Crippen molar-refractivity contribution in [3.63, 3.8) is 0 Å². The first kappa shape index (κ1) is 18.3. The first-order chi connectivity index (χ1) is 9.63. The summed E-state index contributed by atoms with van der Waals surface area (Å²) in [6.07, 6.45) is 0.693. The van der Waals surface area contributed by atoms with Gasteiger partial charge in [0.1, 0.15) is 9.88 Å². The fourth-order valence-electron chi connectivity index (χ4n) is 1.70. The van der Waals surface area contributed by atoms with Crippen LogP contribution in [0.3, 0.4) is 0 Å². The number of hydrogen-bond acceptors (Lipinski definition) is 4. The second-order valence-electron chi connectivity index (χ2n) is 5.12. The molecular formula is C13H20ClN3O2S2. The van der Waals surface area contributed by atoms with Crippen molar-refractivity contribution in [2.75, 3.05) is 20.6 Å². The Morgan fingerprint density at radius 2 is 2.10 bits per heavy atom. The molecule has 0 heterocycles. The minimum Gasteiger partial charge on any atom is -0.389 e. The molecule has 1 aromatic rings. The zero-order valence-electron chi connectivity index (χ0n) is 12.3. The van der Waals surface area contributed by atoms with Crippen molar-refractivity contribution < 1.29 is 8.42 Å². The van der Waals surface area contributed by atoms with Crippen LogP contribution in [0.25, 0.3) is 0 Å². The van der Waals surface area contributed by atoms with Crippen molar-refractivity contribution >= 4 is 38.8 Å². The van der Waals surface area contributed by atoms with Gasteiger partial charge in [-0.3, -0.25) is 0 Å². The Morgan fingerprint density at radius 1 is 1.48 bits per heavy atom. The van der Waals surface area contributed by atoms with Crippen molar-refractivity contribution in [1.29, 1.82) is 0 Å². The summed E-state index contributed by atoms with van der Waals surface area (Å²) < 4.78 is 27.4. The Morgan fingerprint density at radius 3 is 2.62 bits per heavy atom. The molecule has 8 heteroatoms. The summed E-state index contributed by atoms with van der Waals surface area (Å²) in [5.74, 6) is 0. The summed E-state index contributed by atoms with van der Waals surface area (Å²) >= 11 is 10.8. The highest BCUT2D eigenvalue weighted by molar-refractivity contribution is 7.89. The minimum absolute atomic E-state index is 0.00818. The second-order valence-corrected chi connectivity index (χ2v) is 7.65. The first-order valence-corrected chi connectivity index (χ1v) is 8.67. The molecule has 0 fully saturated rings. The molecule has 3 N–H and O–H groups in total. The molecule has 1 unspecified atom stereocenters. The first-order valence-electron chi connectivity index (χ1n) is 6.40. The molecule has 0 aliphatic rings. The van der Waals surface area contributed by atoms with Crippen LogP contribution in [0.1, 0.15) is 18.9 Å². The Kier molecular flexibility index (Phi) is 6.55. The van der Waals surface area contributed by atoms with E-state index in [2.05, 4.69) is 4.72 Å². The van der Waals surface area contributed by atoms with Gasteiger partial charge in [-0.15, -0.1) is 0 Å². The minimum atomic E-state index is -3.71. The highest BCUT2D eigenvalue weighted by Crippen LogP contribution is 2.23. The fourth-order valence-corrected chi connectivity index (χ4v) is 3.63. The molecule has 0 saturated heterocycles. The number of thiocarbonyl (C=S) groups is 1. The van der Waals surface area contributed by atoms with Crippen LogP contribution in [0, 0.1) is 0 Å². The standard InChI is InChI=1S/C13H20ClN3O2S2/c1-9(6-7-17(2)3)16-21(18,19)12-8-10(13(15)20)4-5-11(12)14/h4-5,8-9,16H,6-7H2,1-3H3,(H2,15,20). The van der Waals surface area contributed by atoms with Crippen LogP contribution in [0.5, 0.6) is 0 Å². The van der Waals surface area contributed by atoms with E-state index in [1.54, 1.807) is 6.07 Å². The topological polar surface area (TPSA) is 75.4 Å². The summed E-state index contributed by atoms with van der Waals surface area (Å²) in [7, 11) is 0.159. The van der Waals surface area contributed by atoms with Gasteiger partial charge in [0.2, 0.25) is 10.0 Å². The van der Waals surface area contributed by atoms with Gasteiger partial charge in [0.15, 0.2) is 0 Å². The largest absolute Gasteiger partial charge is 0.389 e. The lowest BCUT2D eigenvalue weighted by Crippen LogP contribution is -2.35. The Hall–Kier alpha value is -0.730. The number of nitrogens with two attached hydrogens (primary N) is 1. The molecule has 0 aliphatic heterocycles. The number of nitrogens with one attached hydrogen (secondary N) is 1. The lowest BCUT2D eigenvalue weighted by Gasteiger charge is -2.17. The number of rotatable bonds is 7. The van der Waals surface area contributed by atoms with E-state index in [9.17, 15) is 8.42 Å². The molecule has 118 valence electrons. The fraction of sp³-hybridized carbons (Fsp3) is 0.462. The smallest absolute Gasteiger partial charge is 0.242 e. The molecule has 0 aliphatic carbocycles. The SMILES string of the molecule is CC(CCN(C)C)NS(=O)(=O)c1cc(C(N)=S)ccc1Cl. The van der Waals surface area contributed by atoms with E-state index in [-0.39, 0.29) is 20.9 Å². The summed E-state index contributed by atoms with van der Waals surface area (Å²) in [6, 6.07) is 4.27. The monoisotopic (exact) mass is 349 g/mol. The van der Waals surface area contributed by atoms with Gasteiger partial charge >= 0.3 is 0 Å². The van der Waals surface area contributed by atoms with E-state index < -0.39 is 10.0 Å². The predicted molar refractivity (Wildman–Crippen MR) is 90.3 cm³/mol. The van der Waals surface area contributed by atoms with Gasteiger partial charge in [-0.1, -0.05) is 29.9 Å². The summed E-state index contributed by atoms with van der Waals surface area (Å²) in [6.45, 7) is 2.59. The zero-order chi connectivity index (χ0) is 16.2. The van der Waals surface area contributed by atoms with Crippen LogP contribution in [-0.4, -0.2) is 45.0 Å². The number of sulfonamides is 1. The van der Waals surface area contributed by atoms with Gasteiger partial charge in [-0.2, -0.15) is 0 Å². The van der Waals surface area contributed by atoms with Crippen LogP contribution in [0.15, 0.2) is 23.1 Å². The maximum Gasteiger partial charge on any atom is 0.242 e. The van der Waals surface area contributed by atoms with Crippen molar-refractivity contribution in [2.45, 2.75) is 24.3 Å². The van der Waals surface area contributed by atoms with Gasteiger partial charge in [-0.05, 0) is 46.1 Å². The summed E-state index contributed by atoms with van der Waals surface area (Å²) in [5.41, 5.74) is 5.99. The normalized spacial score (nSPS) is 13.4. The molecular weight excluding hydrogens is 330 g/mol. The van der Waals surface area contributed by atoms with E-state index in [1.807, 2.05) is 25.9 Å². The lowest BCUT2D eigenvalue weighted by atomic mass is 10.2. The number of hydrogen-bond donors (Lipinski definition) is 2. The summed E-state index contributed by atoms with van der Waals surface area (Å²) in [5, 5.41) is 0.141. The van der Waals surface area contributed by atoms with E-state index >= 15 is 0 Å². The zero-order valence-corrected chi connectivity index (χ0v) is 14.6. The highest BCUT2D eigenvalue weighted by Gasteiger charge is 2.21. The quantitative estimate of drug-likeness (QED) is 0.731.